The molecule has 3 rings (SSSR count). The molecular formula is C15H15N3O3. The van der Waals surface area contributed by atoms with Gasteiger partial charge in [-0.25, -0.2) is 0 Å². The summed E-state index contributed by atoms with van der Waals surface area (Å²) in [5, 5.41) is 0.908. The van der Waals surface area contributed by atoms with Crippen LogP contribution in [0.2, 0.25) is 0 Å². The highest BCUT2D eigenvalue weighted by Gasteiger charge is 2.35. The number of nitrogens with one attached hydrogen (secondary N) is 1. The first kappa shape index (κ1) is 13.4. The molecule has 3 N–H and O–H groups in total. The maximum Gasteiger partial charge on any atom is 0.248 e. The number of amides is 2. The predicted octanol–water partition coefficient (Wildman–Crippen LogP) is 0.362. The van der Waals surface area contributed by atoms with Gasteiger partial charge < -0.3 is 15.6 Å². The molecule has 2 aromatic rings. The second-order valence-electron chi connectivity index (χ2n) is 5.25. The van der Waals surface area contributed by atoms with E-state index in [9.17, 15) is 14.4 Å². The number of primary amides is 1. The molecule has 0 unspecified atom stereocenters. The number of rotatable bonds is 3. The van der Waals surface area contributed by atoms with E-state index in [4.69, 9.17) is 5.73 Å². The van der Waals surface area contributed by atoms with Crippen LogP contribution in [-0.2, 0) is 16.1 Å². The molecule has 1 aromatic carbocycles. The van der Waals surface area contributed by atoms with Crippen molar-refractivity contribution >= 4 is 22.7 Å². The number of H-pyrrole nitrogens is 1. The second kappa shape index (κ2) is 5.05. The molecule has 0 aliphatic carbocycles. The van der Waals surface area contributed by atoms with Crippen molar-refractivity contribution in [2.75, 3.05) is 6.54 Å². The number of aromatic nitrogens is 1. The topological polar surface area (TPSA) is 96.3 Å². The number of aromatic amines is 1. The van der Waals surface area contributed by atoms with E-state index >= 15 is 0 Å². The molecule has 0 bridgehead atoms. The number of nitrogens with two attached hydrogens (primary N) is 1. The number of nitrogens with zero attached hydrogens (tertiary/aromatic N) is 1. The van der Waals surface area contributed by atoms with Gasteiger partial charge in [0.05, 0.1) is 0 Å². The highest BCUT2D eigenvalue weighted by molar-refractivity contribution is 6.00. The van der Waals surface area contributed by atoms with Crippen LogP contribution >= 0.6 is 0 Å². The van der Waals surface area contributed by atoms with Gasteiger partial charge in [0.15, 0.2) is 0 Å². The lowest BCUT2D eigenvalue weighted by molar-refractivity contribution is -0.136. The molecular weight excluding hydrogens is 270 g/mol. The van der Waals surface area contributed by atoms with Crippen molar-refractivity contribution in [3.8, 4) is 0 Å². The Balaban J connectivity index is 1.82. The van der Waals surface area contributed by atoms with E-state index in [1.807, 2.05) is 18.2 Å². The van der Waals surface area contributed by atoms with Crippen LogP contribution in [0.25, 0.3) is 10.9 Å². The van der Waals surface area contributed by atoms with Gasteiger partial charge in [0.2, 0.25) is 17.4 Å². The van der Waals surface area contributed by atoms with Gasteiger partial charge in [-0.2, -0.15) is 0 Å². The summed E-state index contributed by atoms with van der Waals surface area (Å²) in [5.74, 6) is -1.45. The van der Waals surface area contributed by atoms with E-state index < -0.39 is 11.8 Å². The van der Waals surface area contributed by atoms with Crippen LogP contribution in [0.3, 0.4) is 0 Å². The Labute approximate surface area is 120 Å². The van der Waals surface area contributed by atoms with Crippen LogP contribution in [0, 0.1) is 5.92 Å². The fourth-order valence-corrected chi connectivity index (χ4v) is 2.68. The summed E-state index contributed by atoms with van der Waals surface area (Å²) in [6.45, 7) is 0.980. The average molecular weight is 285 g/mol. The molecule has 2 amide bonds. The van der Waals surface area contributed by atoms with E-state index in [0.717, 1.165) is 16.5 Å². The molecule has 6 nitrogen and oxygen atoms in total. The molecule has 108 valence electrons. The fourth-order valence-electron chi connectivity index (χ4n) is 2.68. The summed E-state index contributed by atoms with van der Waals surface area (Å²) in [4.78, 5) is 38.8. The standard InChI is InChI=1S/C15H15N3O3/c16-14(20)11-5-6-18(15(11)21)8-9-1-3-12-10(7-9)2-4-13(19)17-12/h1-4,7,11H,5-6,8H2,(H2,16,20)(H,17,19)/t11-/m0/s1. The van der Waals surface area contributed by atoms with Crippen LogP contribution in [0.1, 0.15) is 12.0 Å². The number of carbonyl (C=O) groups excluding carboxylic acids is 2. The van der Waals surface area contributed by atoms with Gasteiger partial charge in [-0.05, 0) is 35.6 Å². The average Bonchev–Trinajstić information content (AvgIpc) is 2.80. The maximum absolute atomic E-state index is 12.0. The van der Waals surface area contributed by atoms with Crippen LogP contribution in [0.5, 0.6) is 0 Å². The van der Waals surface area contributed by atoms with Crippen LogP contribution < -0.4 is 11.3 Å². The van der Waals surface area contributed by atoms with Crippen molar-refractivity contribution in [1.82, 2.24) is 9.88 Å². The highest BCUT2D eigenvalue weighted by atomic mass is 16.2. The molecule has 1 aromatic heterocycles. The number of pyridine rings is 1. The van der Waals surface area contributed by atoms with E-state index in [0.29, 0.717) is 19.5 Å². The van der Waals surface area contributed by atoms with E-state index in [1.54, 1.807) is 11.0 Å². The summed E-state index contributed by atoms with van der Waals surface area (Å²) in [6.07, 6.45) is 0.481. The fraction of sp³-hybridized carbons (Fsp3) is 0.267. The van der Waals surface area contributed by atoms with Crippen LogP contribution in [0.15, 0.2) is 35.1 Å². The molecule has 0 spiro atoms. The molecule has 1 fully saturated rings. The molecule has 1 aliphatic heterocycles. The largest absolute Gasteiger partial charge is 0.369 e. The van der Waals surface area contributed by atoms with Crippen LogP contribution in [0.4, 0.5) is 0 Å². The third-order valence-electron chi connectivity index (χ3n) is 3.80. The Hall–Kier alpha value is -2.63. The SMILES string of the molecule is NC(=O)[C@@H]1CCN(Cc2ccc3[nH]c(=O)ccc3c2)C1=O. The molecule has 1 atom stereocenters. The van der Waals surface area contributed by atoms with Crippen molar-refractivity contribution in [3.63, 3.8) is 0 Å². The minimum Gasteiger partial charge on any atom is -0.369 e. The van der Waals surface area contributed by atoms with Crippen molar-refractivity contribution in [2.24, 2.45) is 11.7 Å². The van der Waals surface area contributed by atoms with Gasteiger partial charge >= 0.3 is 0 Å². The van der Waals surface area contributed by atoms with Crippen molar-refractivity contribution in [3.05, 3.63) is 46.2 Å². The molecule has 1 aliphatic rings. The van der Waals surface area contributed by atoms with E-state index in [1.165, 1.54) is 6.07 Å². The summed E-state index contributed by atoms with van der Waals surface area (Å²) in [5.41, 5.74) is 6.78. The summed E-state index contributed by atoms with van der Waals surface area (Å²) >= 11 is 0. The lowest BCUT2D eigenvalue weighted by Gasteiger charge is -2.16. The minimum absolute atomic E-state index is 0.144. The number of benzene rings is 1. The van der Waals surface area contributed by atoms with E-state index in [2.05, 4.69) is 4.98 Å². The molecule has 6 heteroatoms. The third kappa shape index (κ3) is 2.52. The Morgan fingerprint density at radius 1 is 1.29 bits per heavy atom. The third-order valence-corrected chi connectivity index (χ3v) is 3.80. The second-order valence-corrected chi connectivity index (χ2v) is 5.25. The number of carbonyl (C=O) groups is 2. The Morgan fingerprint density at radius 3 is 2.81 bits per heavy atom. The van der Waals surface area contributed by atoms with Gasteiger partial charge in [-0.1, -0.05) is 6.07 Å². The number of hydrogen-bond acceptors (Lipinski definition) is 3. The highest BCUT2D eigenvalue weighted by Crippen LogP contribution is 2.21. The summed E-state index contributed by atoms with van der Waals surface area (Å²) < 4.78 is 0. The van der Waals surface area contributed by atoms with Gasteiger partial charge in [0.25, 0.3) is 0 Å². The lowest BCUT2D eigenvalue weighted by Crippen LogP contribution is -2.33. The quantitative estimate of drug-likeness (QED) is 0.797. The minimum atomic E-state index is -0.693. The number of fused-ring (bicyclic) bond motifs is 1. The zero-order valence-electron chi connectivity index (χ0n) is 11.3. The maximum atomic E-state index is 12.0. The summed E-state index contributed by atoms with van der Waals surface area (Å²) in [6, 6.07) is 8.82. The molecule has 21 heavy (non-hydrogen) atoms. The van der Waals surface area contributed by atoms with Gasteiger partial charge in [-0.3, -0.25) is 14.4 Å². The summed E-state index contributed by atoms with van der Waals surface area (Å²) in [7, 11) is 0. The Kier molecular flexibility index (Phi) is 3.21. The number of hydrogen-bond donors (Lipinski definition) is 2. The molecule has 1 saturated heterocycles. The van der Waals surface area contributed by atoms with Crippen LogP contribution in [-0.4, -0.2) is 28.2 Å². The first-order chi connectivity index (χ1) is 10.0. The molecule has 0 saturated carbocycles. The first-order valence-electron chi connectivity index (χ1n) is 6.74. The Morgan fingerprint density at radius 2 is 2.10 bits per heavy atom. The zero-order valence-corrected chi connectivity index (χ0v) is 11.3. The first-order valence-corrected chi connectivity index (χ1v) is 6.74. The monoisotopic (exact) mass is 285 g/mol. The predicted molar refractivity (Wildman–Crippen MR) is 77.3 cm³/mol. The number of likely N-dealkylation sites (tertiary alicyclic amines) is 1. The smallest absolute Gasteiger partial charge is 0.248 e. The Bertz CT molecular complexity index is 781. The molecule has 2 heterocycles. The normalized spacial score (nSPS) is 18.4. The van der Waals surface area contributed by atoms with Gasteiger partial charge in [0, 0.05) is 24.7 Å². The van der Waals surface area contributed by atoms with E-state index in [-0.39, 0.29) is 11.5 Å². The van der Waals surface area contributed by atoms with Gasteiger partial charge in [-0.15, -0.1) is 0 Å². The molecule has 0 radical (unpaired) electrons. The van der Waals surface area contributed by atoms with Crippen molar-refractivity contribution in [1.29, 1.82) is 0 Å². The lowest BCUT2D eigenvalue weighted by atomic mass is 10.1. The van der Waals surface area contributed by atoms with Crippen molar-refractivity contribution < 1.29 is 9.59 Å². The van der Waals surface area contributed by atoms with Gasteiger partial charge in [0.1, 0.15) is 5.92 Å². The van der Waals surface area contributed by atoms with Crippen molar-refractivity contribution in [2.45, 2.75) is 13.0 Å². The zero-order chi connectivity index (χ0) is 15.0.